The second-order valence-electron chi connectivity index (χ2n) is 19.1. The summed E-state index contributed by atoms with van der Waals surface area (Å²) in [5.41, 5.74) is 5.68. The Morgan fingerprint density at radius 3 is 2.50 bits per heavy atom. The van der Waals surface area contributed by atoms with Crippen LogP contribution in [0.15, 0.2) is 42.6 Å². The van der Waals surface area contributed by atoms with Gasteiger partial charge in [0.05, 0.1) is 35.2 Å². The molecule has 4 aromatic heterocycles. The van der Waals surface area contributed by atoms with E-state index in [0.29, 0.717) is 29.6 Å². The number of pyridine rings is 1. The zero-order chi connectivity index (χ0) is 41.9. The van der Waals surface area contributed by atoms with Gasteiger partial charge in [-0.05, 0) is 119 Å². The van der Waals surface area contributed by atoms with E-state index in [1.54, 1.807) is 11.3 Å². The summed E-state index contributed by atoms with van der Waals surface area (Å²) in [4.78, 5) is 26.8. The van der Waals surface area contributed by atoms with Crippen LogP contribution in [0.4, 0.5) is 22.6 Å². The first-order valence-electron chi connectivity index (χ1n) is 21.7. The highest BCUT2D eigenvalue weighted by Crippen LogP contribution is 2.72. The number of para-hydroxylation sites is 1. The average molecular weight is 834 g/mol. The topological polar surface area (TPSA) is 144 Å². The van der Waals surface area contributed by atoms with E-state index in [2.05, 4.69) is 72.8 Å². The number of nitrogens with zero attached hydrogens (tertiary/aromatic N) is 8. The number of hydrogen-bond donors (Lipinski definition) is 2. The molecule has 4 fully saturated rings. The van der Waals surface area contributed by atoms with E-state index in [1.165, 1.54) is 6.42 Å². The molecule has 13 nitrogen and oxygen atoms in total. The summed E-state index contributed by atoms with van der Waals surface area (Å²) in [5.74, 6) is 0.842. The highest BCUT2D eigenvalue weighted by atomic mass is 32.1. The summed E-state index contributed by atoms with van der Waals surface area (Å²) in [6, 6.07) is 11.9. The van der Waals surface area contributed by atoms with Crippen LogP contribution in [0.5, 0.6) is 0 Å². The molecule has 4 saturated carbocycles. The molecule has 5 aliphatic rings. The first kappa shape index (κ1) is 40.9. The van der Waals surface area contributed by atoms with Crippen LogP contribution in [0.25, 0.3) is 21.3 Å². The lowest BCUT2D eigenvalue weighted by molar-refractivity contribution is -0.248. The van der Waals surface area contributed by atoms with E-state index < -0.39 is 5.97 Å². The summed E-state index contributed by atoms with van der Waals surface area (Å²) < 4.78 is 16.0. The highest BCUT2D eigenvalue weighted by molar-refractivity contribution is 7.22. The number of aromatic nitrogens is 6. The molecule has 5 aromatic rings. The van der Waals surface area contributed by atoms with Gasteiger partial charge in [-0.2, -0.15) is 5.10 Å². The van der Waals surface area contributed by atoms with Crippen LogP contribution in [0.3, 0.4) is 0 Å². The maximum absolute atomic E-state index is 13.0. The number of carboxylic acid groups (broad SMARTS) is 1. The Hall–Kier alpha value is -4.50. The van der Waals surface area contributed by atoms with Crippen molar-refractivity contribution in [2.75, 3.05) is 56.7 Å². The van der Waals surface area contributed by atoms with E-state index in [-0.39, 0.29) is 27.5 Å². The van der Waals surface area contributed by atoms with Crippen molar-refractivity contribution in [2.45, 2.75) is 105 Å². The maximum Gasteiger partial charge on any atom is 0.355 e. The second kappa shape index (κ2) is 15.8. The van der Waals surface area contributed by atoms with Crippen molar-refractivity contribution < 1.29 is 19.4 Å². The molecular weight excluding hydrogens is 775 g/mol. The molecule has 5 heterocycles. The molecule has 0 saturated heterocycles. The Labute approximate surface area is 356 Å². The van der Waals surface area contributed by atoms with Gasteiger partial charge in [0, 0.05) is 60.7 Å². The van der Waals surface area contributed by atoms with Crippen molar-refractivity contribution in [2.24, 2.45) is 16.2 Å². The number of carboxylic acids is 1. The summed E-state index contributed by atoms with van der Waals surface area (Å²) in [5, 5.41) is 29.0. The molecule has 10 rings (SSSR count). The van der Waals surface area contributed by atoms with Crippen molar-refractivity contribution in [3.63, 3.8) is 0 Å². The smallest absolute Gasteiger partial charge is 0.355 e. The SMILES string of the molecule is CCCOCCN(C)CCOC12CC3(Cn4ncc(-c5ccc(N6CCCc7c6nnc(Nc6nc8ccccc8s6)c7C)nc5C(=O)O)c4C)C[C@@](C)(C1)C[C@](C)(C3)C2. The second-order valence-corrected chi connectivity index (χ2v) is 20.2. The molecular formula is C46H59N9O4S. The van der Waals surface area contributed by atoms with Gasteiger partial charge in [0.2, 0.25) is 0 Å². The minimum absolute atomic E-state index is 0.00477. The van der Waals surface area contributed by atoms with E-state index in [0.717, 1.165) is 129 Å². The zero-order valence-electron chi connectivity index (χ0n) is 36.0. The number of ether oxygens (including phenoxy) is 2. The number of fused-ring (bicyclic) bond motifs is 2. The number of nitrogens with one attached hydrogen (secondary N) is 1. The van der Waals surface area contributed by atoms with Gasteiger partial charge < -0.3 is 29.7 Å². The van der Waals surface area contributed by atoms with Crippen molar-refractivity contribution in [3.05, 3.63) is 65.1 Å². The Morgan fingerprint density at radius 1 is 0.950 bits per heavy atom. The highest BCUT2D eigenvalue weighted by Gasteiger charge is 2.66. The third-order valence-corrected chi connectivity index (χ3v) is 14.6. The number of aromatic carboxylic acids is 1. The summed E-state index contributed by atoms with van der Waals surface area (Å²) in [6.07, 6.45) is 11.4. The van der Waals surface area contributed by atoms with Gasteiger partial charge in [0.1, 0.15) is 5.82 Å². The molecule has 4 bridgehead atoms. The van der Waals surface area contributed by atoms with Crippen LogP contribution in [0.2, 0.25) is 0 Å². The zero-order valence-corrected chi connectivity index (χ0v) is 36.8. The lowest BCUT2D eigenvalue weighted by Gasteiger charge is -2.69. The minimum Gasteiger partial charge on any atom is -0.476 e. The van der Waals surface area contributed by atoms with Crippen LogP contribution in [-0.2, 0) is 22.4 Å². The Balaban J connectivity index is 0.936. The minimum atomic E-state index is -1.07. The fraction of sp³-hybridized carbons (Fsp3) is 0.565. The van der Waals surface area contributed by atoms with Crippen molar-refractivity contribution in [1.29, 1.82) is 0 Å². The maximum atomic E-state index is 13.0. The molecule has 2 unspecified atom stereocenters. The molecule has 60 heavy (non-hydrogen) atoms. The van der Waals surface area contributed by atoms with Crippen LogP contribution in [0.1, 0.15) is 99.4 Å². The van der Waals surface area contributed by atoms with Crippen LogP contribution < -0.4 is 10.2 Å². The number of thiazole rings is 1. The first-order valence-corrected chi connectivity index (χ1v) is 22.5. The monoisotopic (exact) mass is 833 g/mol. The molecule has 1 aliphatic heterocycles. The van der Waals surface area contributed by atoms with Gasteiger partial charge >= 0.3 is 5.97 Å². The summed E-state index contributed by atoms with van der Waals surface area (Å²) in [7, 11) is 2.15. The lowest BCUT2D eigenvalue weighted by Crippen LogP contribution is -2.64. The molecule has 2 N–H and O–H groups in total. The van der Waals surface area contributed by atoms with Crippen LogP contribution >= 0.6 is 11.3 Å². The Bertz CT molecular complexity index is 2360. The summed E-state index contributed by atoms with van der Waals surface area (Å²) >= 11 is 1.58. The number of hydrogen-bond acceptors (Lipinski definition) is 12. The first-order chi connectivity index (χ1) is 28.8. The fourth-order valence-electron chi connectivity index (χ4n) is 12.3. The third kappa shape index (κ3) is 7.80. The number of likely N-dealkylation sites (N-methyl/N-ethyl adjacent to an activating group) is 1. The van der Waals surface area contributed by atoms with E-state index in [1.807, 2.05) is 41.4 Å². The predicted molar refractivity (Wildman–Crippen MR) is 236 cm³/mol. The van der Waals surface area contributed by atoms with Gasteiger partial charge in [-0.3, -0.25) is 4.68 Å². The fourth-order valence-corrected chi connectivity index (χ4v) is 13.1. The molecule has 0 spiro atoms. The van der Waals surface area contributed by atoms with Crippen LogP contribution in [0, 0.1) is 30.1 Å². The number of rotatable bonds is 16. The number of benzene rings is 1. The molecule has 4 aliphatic carbocycles. The normalized spacial score (nSPS) is 25.7. The van der Waals surface area contributed by atoms with Crippen molar-refractivity contribution in [3.8, 4) is 11.1 Å². The standard InChI is InChI=1S/C46H59N9O4S/c1-7-19-58-20-17-53(6)18-21-59-46-26-43(4)23-44(5,27-46)25-45(24-43,28-46)29-55-31(3)34(22-47-55)33-14-15-37(49-38(33)41(56)57)54-16-10-11-32-30(2)39(51-52-40(32)54)50-42-48-35-12-8-9-13-36(35)60-42/h8-9,12-15,22H,7,10-11,16-21,23-29H2,1-6H3,(H,56,57)(H,48,50,51)/t43-,44+,45?,46?. The number of carbonyl (C=O) groups is 1. The van der Waals surface area contributed by atoms with Crippen LogP contribution in [-0.4, -0.2) is 98.0 Å². The predicted octanol–water partition coefficient (Wildman–Crippen LogP) is 8.98. The molecule has 14 heteroatoms. The lowest BCUT2D eigenvalue weighted by atomic mass is 9.39. The van der Waals surface area contributed by atoms with Gasteiger partial charge in [-0.25, -0.2) is 14.8 Å². The average Bonchev–Trinajstić information content (AvgIpc) is 3.77. The molecule has 0 amide bonds. The van der Waals surface area contributed by atoms with Gasteiger partial charge in [-0.1, -0.05) is 44.2 Å². The van der Waals surface area contributed by atoms with E-state index >= 15 is 0 Å². The van der Waals surface area contributed by atoms with E-state index in [9.17, 15) is 9.90 Å². The molecule has 1 aromatic carbocycles. The quantitative estimate of drug-likeness (QED) is 0.0916. The Kier molecular flexibility index (Phi) is 10.7. The number of anilines is 4. The Morgan fingerprint density at radius 2 is 1.73 bits per heavy atom. The molecule has 4 atom stereocenters. The third-order valence-electron chi connectivity index (χ3n) is 13.6. The van der Waals surface area contributed by atoms with Gasteiger partial charge in [-0.15, -0.1) is 10.2 Å². The van der Waals surface area contributed by atoms with Gasteiger partial charge in [0.25, 0.3) is 0 Å². The van der Waals surface area contributed by atoms with Crippen molar-refractivity contribution in [1.82, 2.24) is 34.8 Å². The van der Waals surface area contributed by atoms with Gasteiger partial charge in [0.15, 0.2) is 22.5 Å². The van der Waals surface area contributed by atoms with E-state index in [4.69, 9.17) is 24.5 Å². The largest absolute Gasteiger partial charge is 0.476 e. The van der Waals surface area contributed by atoms with Crippen molar-refractivity contribution >= 4 is 50.1 Å². The summed E-state index contributed by atoms with van der Waals surface area (Å²) in [6.45, 7) is 16.7. The molecule has 318 valence electrons. The molecule has 0 radical (unpaired) electrons.